The molecule has 0 amide bonds. The number of carbonyl (C=O) groups excluding carboxylic acids is 1. The van der Waals surface area contributed by atoms with Crippen LogP contribution in [0, 0.1) is 11.8 Å². The van der Waals surface area contributed by atoms with Gasteiger partial charge in [0.25, 0.3) is 0 Å². The van der Waals surface area contributed by atoms with E-state index in [4.69, 9.17) is 0 Å². The van der Waals surface area contributed by atoms with E-state index in [1.165, 1.54) is 11.1 Å². The minimum atomic E-state index is 0.107. The second kappa shape index (κ2) is 6.74. The molecular formula is C20H19Br2NO. The van der Waals surface area contributed by atoms with Crippen molar-refractivity contribution in [1.82, 2.24) is 5.32 Å². The lowest BCUT2D eigenvalue weighted by molar-refractivity contribution is -0.135. The maximum Gasteiger partial charge on any atom is 0.142 e. The van der Waals surface area contributed by atoms with Gasteiger partial charge < -0.3 is 5.32 Å². The highest BCUT2D eigenvalue weighted by Crippen LogP contribution is 2.45. The molecule has 2 fully saturated rings. The molecule has 124 valence electrons. The second-order valence-corrected chi connectivity index (χ2v) is 8.60. The van der Waals surface area contributed by atoms with Crippen LogP contribution >= 0.6 is 31.9 Å². The summed E-state index contributed by atoms with van der Waals surface area (Å²) in [6.45, 7) is 0. The molecule has 4 heteroatoms. The number of hydrogen-bond acceptors (Lipinski definition) is 2. The molecule has 0 aromatic heterocycles. The first-order valence-corrected chi connectivity index (χ1v) is 10.0. The van der Waals surface area contributed by atoms with E-state index in [-0.39, 0.29) is 23.9 Å². The van der Waals surface area contributed by atoms with Crippen LogP contribution in [-0.4, -0.2) is 5.78 Å². The molecule has 0 spiro atoms. The van der Waals surface area contributed by atoms with Crippen molar-refractivity contribution in [2.45, 2.75) is 31.3 Å². The zero-order chi connectivity index (χ0) is 16.7. The number of ketones is 1. The van der Waals surface area contributed by atoms with Crippen molar-refractivity contribution < 1.29 is 4.79 Å². The quantitative estimate of drug-likeness (QED) is 0.649. The molecule has 1 N–H and O–H groups in total. The lowest BCUT2D eigenvalue weighted by Crippen LogP contribution is -2.50. The standard InChI is InChI=1S/C20H19Br2NO/c21-14-8-4-12(5-9-14)18-16-2-1-3-17(20(16)24)19(23-18)13-6-10-15(22)11-7-13/h4-11,16-19,23H,1-3H2/t16-,17+,18-,19-/m0/s1. The van der Waals surface area contributed by atoms with E-state index < -0.39 is 0 Å². The normalized spacial score (nSPS) is 29.5. The molecule has 2 nitrogen and oxygen atoms in total. The molecule has 2 aliphatic rings. The summed E-state index contributed by atoms with van der Waals surface area (Å²) in [5.74, 6) is 0.661. The van der Waals surface area contributed by atoms with Crippen LogP contribution in [0.15, 0.2) is 57.5 Å². The number of piperidine rings is 1. The average molecular weight is 449 g/mol. The lowest BCUT2D eigenvalue weighted by atomic mass is 9.67. The summed E-state index contributed by atoms with van der Waals surface area (Å²) in [7, 11) is 0. The predicted molar refractivity (Wildman–Crippen MR) is 103 cm³/mol. The Hall–Kier alpha value is -0.970. The van der Waals surface area contributed by atoms with Gasteiger partial charge in [-0.15, -0.1) is 0 Å². The second-order valence-electron chi connectivity index (χ2n) is 6.77. The van der Waals surface area contributed by atoms with Crippen LogP contribution in [-0.2, 0) is 4.79 Å². The molecule has 0 radical (unpaired) electrons. The SMILES string of the molecule is O=C1[C@H]2CCC[C@@H]1[C@H](c1ccc(Br)cc1)N[C@H]2c1ccc(Br)cc1. The van der Waals surface area contributed by atoms with E-state index in [0.717, 1.165) is 28.2 Å². The highest BCUT2D eigenvalue weighted by Gasteiger charge is 2.46. The van der Waals surface area contributed by atoms with Gasteiger partial charge in [-0.3, -0.25) is 4.79 Å². The predicted octanol–water partition coefficient (Wildman–Crippen LogP) is 5.58. The van der Waals surface area contributed by atoms with E-state index in [2.05, 4.69) is 85.7 Å². The fourth-order valence-corrected chi connectivity index (χ4v) is 4.73. The molecule has 1 heterocycles. The van der Waals surface area contributed by atoms with Crippen LogP contribution in [0.4, 0.5) is 0 Å². The third kappa shape index (κ3) is 3.00. The minimum absolute atomic E-state index is 0.107. The van der Waals surface area contributed by atoms with Gasteiger partial charge in [0.2, 0.25) is 0 Å². The lowest BCUT2D eigenvalue weighted by Gasteiger charge is -2.45. The smallest absolute Gasteiger partial charge is 0.142 e. The number of benzene rings is 2. The zero-order valence-electron chi connectivity index (χ0n) is 13.2. The summed E-state index contributed by atoms with van der Waals surface area (Å²) in [5, 5.41) is 3.81. The summed E-state index contributed by atoms with van der Waals surface area (Å²) in [6, 6.07) is 17.0. The van der Waals surface area contributed by atoms with E-state index in [0.29, 0.717) is 5.78 Å². The summed E-state index contributed by atoms with van der Waals surface area (Å²) in [4.78, 5) is 13.1. The van der Waals surface area contributed by atoms with Gasteiger partial charge in [0, 0.05) is 32.9 Å². The Morgan fingerprint density at radius 3 is 1.58 bits per heavy atom. The number of fused-ring (bicyclic) bond motifs is 2. The number of hydrogen-bond donors (Lipinski definition) is 1. The van der Waals surface area contributed by atoms with Gasteiger partial charge in [-0.2, -0.15) is 0 Å². The Balaban J connectivity index is 1.71. The van der Waals surface area contributed by atoms with Gasteiger partial charge in [-0.1, -0.05) is 62.5 Å². The first-order chi connectivity index (χ1) is 11.6. The number of carbonyl (C=O) groups is 1. The van der Waals surface area contributed by atoms with E-state index in [9.17, 15) is 4.79 Å². The Labute approximate surface area is 159 Å². The van der Waals surface area contributed by atoms with Crippen molar-refractivity contribution in [2.75, 3.05) is 0 Å². The Morgan fingerprint density at radius 1 is 0.750 bits per heavy atom. The first kappa shape index (κ1) is 16.5. The van der Waals surface area contributed by atoms with Crippen molar-refractivity contribution in [3.8, 4) is 0 Å². The van der Waals surface area contributed by atoms with Gasteiger partial charge in [0.15, 0.2) is 0 Å². The number of rotatable bonds is 2. The van der Waals surface area contributed by atoms with Crippen LogP contribution in [0.2, 0.25) is 0 Å². The van der Waals surface area contributed by atoms with E-state index >= 15 is 0 Å². The van der Waals surface area contributed by atoms with E-state index in [1.807, 2.05) is 0 Å². The van der Waals surface area contributed by atoms with Crippen molar-refractivity contribution in [3.63, 3.8) is 0 Å². The number of Topliss-reactive ketones (excluding diaryl/α,β-unsaturated/α-hetero) is 1. The zero-order valence-corrected chi connectivity index (χ0v) is 16.4. The maximum absolute atomic E-state index is 13.1. The molecule has 1 aliphatic heterocycles. The molecule has 4 rings (SSSR count). The highest BCUT2D eigenvalue weighted by atomic mass is 79.9. The van der Waals surface area contributed by atoms with Crippen molar-refractivity contribution >= 4 is 37.6 Å². The Bertz CT molecular complexity index is 680. The van der Waals surface area contributed by atoms with Crippen LogP contribution < -0.4 is 5.32 Å². The van der Waals surface area contributed by atoms with Crippen LogP contribution in [0.5, 0.6) is 0 Å². The molecule has 1 saturated carbocycles. The third-order valence-corrected chi connectivity index (χ3v) is 6.44. The van der Waals surface area contributed by atoms with Crippen LogP contribution in [0.25, 0.3) is 0 Å². The molecule has 2 aromatic rings. The molecular weight excluding hydrogens is 430 g/mol. The summed E-state index contributed by atoms with van der Waals surface area (Å²) in [5.41, 5.74) is 2.41. The Kier molecular flexibility index (Phi) is 4.63. The van der Waals surface area contributed by atoms with Crippen molar-refractivity contribution in [1.29, 1.82) is 0 Å². The molecule has 1 saturated heterocycles. The molecule has 1 aliphatic carbocycles. The molecule has 0 unspecified atom stereocenters. The van der Waals surface area contributed by atoms with Crippen molar-refractivity contribution in [3.05, 3.63) is 68.6 Å². The van der Waals surface area contributed by atoms with Gasteiger partial charge >= 0.3 is 0 Å². The van der Waals surface area contributed by atoms with Crippen LogP contribution in [0.1, 0.15) is 42.5 Å². The van der Waals surface area contributed by atoms with Crippen molar-refractivity contribution in [2.24, 2.45) is 11.8 Å². The molecule has 2 aromatic carbocycles. The third-order valence-electron chi connectivity index (χ3n) is 5.38. The maximum atomic E-state index is 13.1. The summed E-state index contributed by atoms with van der Waals surface area (Å²) in [6.07, 6.45) is 3.13. The Morgan fingerprint density at radius 2 is 1.17 bits per heavy atom. The largest absolute Gasteiger partial charge is 0.302 e. The first-order valence-electron chi connectivity index (χ1n) is 8.44. The van der Waals surface area contributed by atoms with Gasteiger partial charge in [-0.25, -0.2) is 0 Å². The van der Waals surface area contributed by atoms with Gasteiger partial charge in [-0.05, 0) is 48.2 Å². The van der Waals surface area contributed by atoms with E-state index in [1.54, 1.807) is 0 Å². The summed E-state index contributed by atoms with van der Waals surface area (Å²) < 4.78 is 2.14. The molecule has 2 bridgehead atoms. The monoisotopic (exact) mass is 447 g/mol. The number of nitrogens with one attached hydrogen (secondary N) is 1. The van der Waals surface area contributed by atoms with Gasteiger partial charge in [0.1, 0.15) is 5.78 Å². The fourth-order valence-electron chi connectivity index (χ4n) is 4.20. The fraction of sp³-hybridized carbons (Fsp3) is 0.350. The molecule has 4 atom stereocenters. The average Bonchev–Trinajstić information content (AvgIpc) is 2.57. The minimum Gasteiger partial charge on any atom is -0.302 e. The van der Waals surface area contributed by atoms with Crippen LogP contribution in [0.3, 0.4) is 0 Å². The summed E-state index contributed by atoms with van der Waals surface area (Å²) >= 11 is 7.00. The van der Waals surface area contributed by atoms with Gasteiger partial charge in [0.05, 0.1) is 0 Å². The molecule has 24 heavy (non-hydrogen) atoms. The topological polar surface area (TPSA) is 29.1 Å². The highest BCUT2D eigenvalue weighted by molar-refractivity contribution is 9.10. The number of halogens is 2.